The maximum atomic E-state index is 10.0. The minimum atomic E-state index is -0.0722. The minimum absolute atomic E-state index is 0.000467. The Kier molecular flexibility index (Phi) is 12.7. The van der Waals surface area contributed by atoms with Crippen LogP contribution in [-0.2, 0) is 0 Å². The van der Waals surface area contributed by atoms with Crippen molar-refractivity contribution >= 4 is 33.9 Å². The van der Waals surface area contributed by atoms with Gasteiger partial charge in [-0.2, -0.15) is 15.8 Å². The van der Waals surface area contributed by atoms with Gasteiger partial charge in [0.05, 0.1) is 30.9 Å². The molecule has 6 heterocycles. The second-order valence-electron chi connectivity index (χ2n) is 12.2. The van der Waals surface area contributed by atoms with E-state index in [0.29, 0.717) is 91.2 Å². The number of ether oxygens (including phenoxy) is 5. The average molecular weight is 830 g/mol. The second kappa shape index (κ2) is 19.4. The van der Waals surface area contributed by atoms with Gasteiger partial charge in [0.2, 0.25) is 0 Å². The molecule has 4 N–H and O–H groups in total. The number of hydrogen-bond acceptors (Lipinski definition) is 18. The number of fused-ring (bicyclic) bond motifs is 3. The fourth-order valence-electron chi connectivity index (χ4n) is 5.67. The number of imidazole rings is 3. The summed E-state index contributed by atoms with van der Waals surface area (Å²) in [6.07, 6.45) is 9.46. The molecular weight excluding hydrogens is 799 g/mol. The number of nitrogens with one attached hydrogen (secondary N) is 3. The lowest BCUT2D eigenvalue weighted by Gasteiger charge is -2.09. The zero-order chi connectivity index (χ0) is 43.3. The van der Waals surface area contributed by atoms with Gasteiger partial charge in [-0.15, -0.1) is 0 Å². The predicted octanol–water partition coefficient (Wildman–Crippen LogP) is 5.49. The smallest absolute Gasteiger partial charge is 0.197 e. The van der Waals surface area contributed by atoms with E-state index in [1.165, 1.54) is 6.07 Å². The van der Waals surface area contributed by atoms with Gasteiger partial charge in [-0.1, -0.05) is 0 Å². The lowest BCUT2D eigenvalue weighted by Crippen LogP contribution is -1.97. The van der Waals surface area contributed by atoms with Crippen LogP contribution in [0.1, 0.15) is 0 Å². The van der Waals surface area contributed by atoms with E-state index in [9.17, 15) is 5.11 Å². The quantitative estimate of drug-likeness (QED) is 0.125. The Bertz CT molecular complexity index is 3010. The molecule has 0 unspecified atom stereocenters. The van der Waals surface area contributed by atoms with E-state index in [4.69, 9.17) is 39.5 Å². The molecule has 0 aliphatic heterocycles. The summed E-state index contributed by atoms with van der Waals surface area (Å²) in [5.41, 5.74) is 5.28. The first-order valence-electron chi connectivity index (χ1n) is 18.1. The molecule has 306 valence electrons. The molecule has 62 heavy (non-hydrogen) atoms. The van der Waals surface area contributed by atoms with E-state index >= 15 is 0 Å². The third-order valence-corrected chi connectivity index (χ3v) is 8.40. The summed E-state index contributed by atoms with van der Waals surface area (Å²) in [4.78, 5) is 46.9. The number of phenolic OH excluding ortho intramolecular Hbond substituents is 1. The number of rotatable bonds is 11. The Morgan fingerprint density at radius 2 is 0.887 bits per heavy atom. The van der Waals surface area contributed by atoms with Gasteiger partial charge in [-0.25, -0.2) is 44.9 Å². The maximum Gasteiger partial charge on any atom is 0.197 e. The normalized spacial score (nSPS) is 10.3. The summed E-state index contributed by atoms with van der Waals surface area (Å²) >= 11 is 0. The Balaban J connectivity index is 0.000000140. The molecule has 6 aromatic heterocycles. The second-order valence-corrected chi connectivity index (χ2v) is 12.2. The van der Waals surface area contributed by atoms with Crippen molar-refractivity contribution in [2.75, 3.05) is 34.0 Å². The molecule has 3 aromatic carbocycles. The molecule has 0 aliphatic carbocycles. The van der Waals surface area contributed by atoms with Gasteiger partial charge >= 0.3 is 0 Å². The molecule has 9 aromatic rings. The van der Waals surface area contributed by atoms with Crippen molar-refractivity contribution in [2.24, 2.45) is 0 Å². The van der Waals surface area contributed by atoms with Crippen LogP contribution < -0.4 is 23.7 Å². The van der Waals surface area contributed by atoms with Gasteiger partial charge in [0.15, 0.2) is 53.7 Å². The van der Waals surface area contributed by atoms with Crippen molar-refractivity contribution < 1.29 is 28.8 Å². The van der Waals surface area contributed by atoms with Crippen LogP contribution in [0.2, 0.25) is 0 Å². The Morgan fingerprint density at radius 1 is 0.484 bits per heavy atom. The Labute approximate surface area is 350 Å². The van der Waals surface area contributed by atoms with E-state index in [0.717, 1.165) is 5.56 Å². The molecule has 0 amide bonds. The highest BCUT2D eigenvalue weighted by atomic mass is 16.5. The number of benzene rings is 3. The molecule has 0 bridgehead atoms. The number of hydrogen-bond donors (Lipinski definition) is 4. The summed E-state index contributed by atoms with van der Waals surface area (Å²) in [7, 11) is 3.13. The van der Waals surface area contributed by atoms with Gasteiger partial charge in [0.25, 0.3) is 0 Å². The van der Waals surface area contributed by atoms with Gasteiger partial charge in [0.1, 0.15) is 70.2 Å². The van der Waals surface area contributed by atoms with Gasteiger partial charge in [0, 0.05) is 55.4 Å². The number of aromatic amines is 3. The van der Waals surface area contributed by atoms with Gasteiger partial charge in [-0.05, 0) is 36.4 Å². The number of aromatic hydroxyl groups is 1. The van der Waals surface area contributed by atoms with Crippen molar-refractivity contribution in [3.8, 4) is 86.9 Å². The summed E-state index contributed by atoms with van der Waals surface area (Å²) in [6.45, 7) is -0.144. The van der Waals surface area contributed by atoms with Crippen LogP contribution in [-0.4, -0.2) is 99.0 Å². The molecule has 21 heteroatoms. The van der Waals surface area contributed by atoms with Crippen LogP contribution in [0.4, 0.5) is 0 Å². The van der Waals surface area contributed by atoms with Crippen molar-refractivity contribution in [3.05, 3.63) is 91.8 Å². The molecule has 21 nitrogen and oxygen atoms in total. The van der Waals surface area contributed by atoms with Crippen molar-refractivity contribution in [2.45, 2.75) is 0 Å². The van der Waals surface area contributed by atoms with Crippen LogP contribution in [0.5, 0.6) is 34.5 Å². The topological polar surface area (TPSA) is 301 Å². The SMILES string of the molecule is COc1cc(OCC#N)ccc1-c1nc2nccnc2[nH]1.COc1ccc(-c2nc3nccnc3[nH]2)c(OCC#N)c1.N#CCOc1ccc(-c2nc3nccnc3[nH]2)c(O)c1. The van der Waals surface area contributed by atoms with Crippen LogP contribution in [0.3, 0.4) is 0 Å². The van der Waals surface area contributed by atoms with Crippen LogP contribution in [0.25, 0.3) is 68.0 Å². The zero-order valence-electron chi connectivity index (χ0n) is 32.6. The lowest BCUT2D eigenvalue weighted by molar-refractivity contribution is 0.361. The first-order valence-corrected chi connectivity index (χ1v) is 18.1. The average Bonchev–Trinajstić information content (AvgIpc) is 4.07. The highest BCUT2D eigenvalue weighted by molar-refractivity contribution is 5.77. The Morgan fingerprint density at radius 3 is 1.34 bits per heavy atom. The highest BCUT2D eigenvalue weighted by Crippen LogP contribution is 2.34. The molecule has 0 atom stereocenters. The first kappa shape index (κ1) is 40.8. The molecule has 0 fully saturated rings. The Hall–Kier alpha value is -9.42. The van der Waals surface area contributed by atoms with E-state index in [1.54, 1.807) is 87.8 Å². The van der Waals surface area contributed by atoms with Crippen molar-refractivity contribution in [1.82, 2.24) is 59.8 Å². The lowest BCUT2D eigenvalue weighted by atomic mass is 10.2. The summed E-state index contributed by atoms with van der Waals surface area (Å²) < 4.78 is 26.3. The van der Waals surface area contributed by atoms with Gasteiger partial charge in [-0.3, -0.25) is 0 Å². The number of aromatic nitrogens is 12. The van der Waals surface area contributed by atoms with Gasteiger partial charge < -0.3 is 43.7 Å². The number of nitrogens with zero attached hydrogens (tertiary/aromatic N) is 12. The molecule has 0 aliphatic rings. The monoisotopic (exact) mass is 829 g/mol. The molecule has 0 spiro atoms. The third kappa shape index (κ3) is 9.47. The minimum Gasteiger partial charge on any atom is -0.507 e. The molecular formula is C41H31N15O6. The van der Waals surface area contributed by atoms with E-state index in [1.807, 2.05) is 30.3 Å². The molecule has 0 radical (unpaired) electrons. The number of phenols is 1. The van der Waals surface area contributed by atoms with E-state index < -0.39 is 0 Å². The predicted molar refractivity (Wildman–Crippen MR) is 219 cm³/mol. The number of methoxy groups -OCH3 is 2. The maximum absolute atomic E-state index is 10.0. The van der Waals surface area contributed by atoms with Crippen LogP contribution in [0, 0.1) is 34.0 Å². The van der Waals surface area contributed by atoms with Crippen molar-refractivity contribution in [3.63, 3.8) is 0 Å². The zero-order valence-corrected chi connectivity index (χ0v) is 32.6. The standard InChI is InChI=1S/2C14H11N5O2.C13H9N5O2/c1-20-11-8-9(21-7-4-15)2-3-10(11)12-18-13-14(19-12)17-6-5-16-13;1-20-9-2-3-10(11(8-9)21-7-4-15)12-18-13-14(19-12)17-6-5-16-13;14-3-6-20-8-1-2-9(10(19)7-8)11-17-12-13(18-11)16-5-4-15-12/h2*2-3,5-6,8H,7H2,1H3,(H,16,17,18,19);1-2,4-5,7,19H,6H2,(H,15,16,17,18). The first-order chi connectivity index (χ1) is 30.4. The third-order valence-electron chi connectivity index (χ3n) is 8.40. The summed E-state index contributed by atoms with van der Waals surface area (Å²) in [6, 6.07) is 21.0. The van der Waals surface area contributed by atoms with Crippen LogP contribution >= 0.6 is 0 Å². The fourth-order valence-corrected chi connectivity index (χ4v) is 5.67. The largest absolute Gasteiger partial charge is 0.507 e. The number of H-pyrrole nitrogens is 3. The fraction of sp³-hybridized carbons (Fsp3) is 0.122. The summed E-state index contributed by atoms with van der Waals surface area (Å²) in [5.74, 6) is 4.37. The number of nitriles is 3. The molecule has 9 rings (SSSR count). The van der Waals surface area contributed by atoms with E-state index in [2.05, 4.69) is 59.8 Å². The van der Waals surface area contributed by atoms with E-state index in [-0.39, 0.29) is 25.6 Å². The van der Waals surface area contributed by atoms with Crippen molar-refractivity contribution in [1.29, 1.82) is 15.8 Å². The highest BCUT2D eigenvalue weighted by Gasteiger charge is 2.15. The van der Waals surface area contributed by atoms with Crippen LogP contribution in [0.15, 0.2) is 91.8 Å². The summed E-state index contributed by atoms with van der Waals surface area (Å²) in [5, 5.41) is 35.7. The molecule has 0 saturated heterocycles. The molecule has 0 saturated carbocycles.